The largest absolute Gasteiger partial charge is 0.508 e. The molecule has 3 atom stereocenters. The second-order valence-corrected chi connectivity index (χ2v) is 7.08. The van der Waals surface area contributed by atoms with E-state index in [9.17, 15) is 23.8 Å². The molecule has 154 valence electrons. The quantitative estimate of drug-likeness (QED) is 0.605. The number of aliphatic hydroxyl groups is 1. The lowest BCUT2D eigenvalue weighted by atomic mass is 9.78. The highest BCUT2D eigenvalue weighted by Gasteiger charge is 2.52. The number of carbonyl (C=O) groups is 1. The zero-order valence-electron chi connectivity index (χ0n) is 15.8. The van der Waals surface area contributed by atoms with Crippen molar-refractivity contribution < 1.29 is 28.5 Å². The first-order valence-electron chi connectivity index (χ1n) is 9.38. The lowest BCUT2D eigenvalue weighted by Gasteiger charge is -2.49. The Kier molecular flexibility index (Phi) is 5.37. The molecule has 0 radical (unpaired) electrons. The lowest BCUT2D eigenvalue weighted by molar-refractivity contribution is -0.137. The number of aromatic hydroxyl groups is 1. The Labute approximate surface area is 171 Å². The molecule has 7 heteroatoms. The van der Waals surface area contributed by atoms with Gasteiger partial charge in [-0.05, 0) is 66.2 Å². The van der Waals surface area contributed by atoms with Gasteiger partial charge in [0.1, 0.15) is 35.8 Å². The highest BCUT2D eigenvalue weighted by molar-refractivity contribution is 6.03. The van der Waals surface area contributed by atoms with Crippen LogP contribution in [0.3, 0.4) is 0 Å². The van der Waals surface area contributed by atoms with Crippen molar-refractivity contribution in [2.45, 2.75) is 12.1 Å². The van der Waals surface area contributed by atoms with Crippen molar-refractivity contribution in [3.8, 4) is 11.5 Å². The number of halogens is 2. The maximum Gasteiger partial charge on any atom is 0.235 e. The van der Waals surface area contributed by atoms with E-state index in [1.165, 1.54) is 65.6 Å². The van der Waals surface area contributed by atoms with Gasteiger partial charge < -0.3 is 19.8 Å². The van der Waals surface area contributed by atoms with E-state index in [1.807, 2.05) is 0 Å². The SMILES string of the molecule is O=C1[C@H]([C@@H](O)COc2ccc(F)cc2)[C@H](c2ccc(O)cc2)N1c1ccc(F)cc1. The molecule has 0 saturated carbocycles. The summed E-state index contributed by atoms with van der Waals surface area (Å²) in [4.78, 5) is 14.4. The second kappa shape index (κ2) is 8.12. The minimum absolute atomic E-state index is 0.0782. The molecule has 1 fully saturated rings. The molecule has 3 aromatic rings. The Bertz CT molecular complexity index is 1020. The predicted octanol–water partition coefficient (Wildman–Crippen LogP) is 3.81. The Balaban J connectivity index is 1.57. The highest BCUT2D eigenvalue weighted by atomic mass is 19.1. The molecular formula is C23H19F2NO4. The molecule has 1 amide bonds. The molecule has 0 bridgehead atoms. The molecule has 0 aliphatic carbocycles. The van der Waals surface area contributed by atoms with Crippen LogP contribution in [0.15, 0.2) is 72.8 Å². The molecular weight excluding hydrogens is 392 g/mol. The van der Waals surface area contributed by atoms with E-state index in [1.54, 1.807) is 12.1 Å². The Morgan fingerprint density at radius 1 is 0.900 bits per heavy atom. The van der Waals surface area contributed by atoms with Crippen LogP contribution in [0.5, 0.6) is 11.5 Å². The third-order valence-corrected chi connectivity index (χ3v) is 5.13. The summed E-state index contributed by atoms with van der Waals surface area (Å²) in [5.41, 5.74) is 1.21. The van der Waals surface area contributed by atoms with E-state index in [2.05, 4.69) is 0 Å². The Hall–Kier alpha value is -3.45. The third kappa shape index (κ3) is 3.84. The fourth-order valence-electron chi connectivity index (χ4n) is 3.62. The van der Waals surface area contributed by atoms with Crippen molar-refractivity contribution in [3.05, 3.63) is 90.0 Å². The monoisotopic (exact) mass is 411 g/mol. The van der Waals surface area contributed by atoms with E-state index >= 15 is 0 Å². The molecule has 1 aliphatic rings. The van der Waals surface area contributed by atoms with Gasteiger partial charge >= 0.3 is 0 Å². The molecule has 1 aliphatic heterocycles. The number of ether oxygens (including phenoxy) is 1. The summed E-state index contributed by atoms with van der Waals surface area (Å²) in [7, 11) is 0. The van der Waals surface area contributed by atoms with Crippen molar-refractivity contribution in [2.75, 3.05) is 11.5 Å². The highest BCUT2D eigenvalue weighted by Crippen LogP contribution is 2.45. The van der Waals surface area contributed by atoms with Gasteiger partial charge in [0.2, 0.25) is 5.91 Å². The second-order valence-electron chi connectivity index (χ2n) is 7.08. The van der Waals surface area contributed by atoms with Crippen LogP contribution in [0.25, 0.3) is 0 Å². The van der Waals surface area contributed by atoms with E-state index < -0.39 is 29.7 Å². The van der Waals surface area contributed by atoms with Gasteiger partial charge in [-0.1, -0.05) is 12.1 Å². The summed E-state index contributed by atoms with van der Waals surface area (Å²) < 4.78 is 31.9. The van der Waals surface area contributed by atoms with Crippen molar-refractivity contribution in [1.29, 1.82) is 0 Å². The summed E-state index contributed by atoms with van der Waals surface area (Å²) >= 11 is 0. The first-order chi connectivity index (χ1) is 14.4. The number of benzene rings is 3. The number of β-lactam (4-membered cyclic amide) rings is 1. The van der Waals surface area contributed by atoms with Gasteiger partial charge in [0.25, 0.3) is 0 Å². The molecule has 0 spiro atoms. The summed E-state index contributed by atoms with van der Waals surface area (Å²) in [6, 6.07) is 16.7. The van der Waals surface area contributed by atoms with Gasteiger partial charge in [-0.15, -0.1) is 0 Å². The van der Waals surface area contributed by atoms with Crippen LogP contribution in [0, 0.1) is 17.6 Å². The molecule has 1 saturated heterocycles. The summed E-state index contributed by atoms with van der Waals surface area (Å²) in [6.45, 7) is -0.159. The maximum absolute atomic E-state index is 13.3. The number of phenolic OH excluding ortho intramolecular Hbond substituents is 1. The van der Waals surface area contributed by atoms with Gasteiger partial charge in [0.15, 0.2) is 0 Å². The molecule has 2 N–H and O–H groups in total. The van der Waals surface area contributed by atoms with Gasteiger partial charge in [-0.2, -0.15) is 0 Å². The van der Waals surface area contributed by atoms with E-state index in [0.717, 1.165) is 0 Å². The molecule has 0 unspecified atom stereocenters. The van der Waals surface area contributed by atoms with Crippen molar-refractivity contribution in [3.63, 3.8) is 0 Å². The van der Waals surface area contributed by atoms with Crippen LogP contribution in [-0.4, -0.2) is 28.8 Å². The van der Waals surface area contributed by atoms with Gasteiger partial charge in [0, 0.05) is 5.69 Å². The van der Waals surface area contributed by atoms with Gasteiger partial charge in [-0.25, -0.2) is 8.78 Å². The fraction of sp³-hybridized carbons (Fsp3) is 0.174. The van der Waals surface area contributed by atoms with Crippen LogP contribution in [0.1, 0.15) is 11.6 Å². The normalized spacial score (nSPS) is 19.3. The number of aliphatic hydroxyl groups excluding tert-OH is 1. The number of hydrogen-bond donors (Lipinski definition) is 2. The summed E-state index contributed by atoms with van der Waals surface area (Å²) in [5.74, 6) is -1.49. The Morgan fingerprint density at radius 3 is 2.07 bits per heavy atom. The molecule has 30 heavy (non-hydrogen) atoms. The van der Waals surface area contributed by atoms with Crippen LogP contribution >= 0.6 is 0 Å². The van der Waals surface area contributed by atoms with Crippen LogP contribution in [0.4, 0.5) is 14.5 Å². The minimum Gasteiger partial charge on any atom is -0.508 e. The average Bonchev–Trinajstić information content (AvgIpc) is 2.74. The number of carbonyl (C=O) groups excluding carboxylic acids is 1. The van der Waals surface area contributed by atoms with E-state index in [4.69, 9.17) is 4.74 Å². The van der Waals surface area contributed by atoms with E-state index in [-0.39, 0.29) is 18.3 Å². The fourth-order valence-corrected chi connectivity index (χ4v) is 3.62. The number of amides is 1. The van der Waals surface area contributed by atoms with Crippen LogP contribution in [-0.2, 0) is 4.79 Å². The number of phenols is 1. The Morgan fingerprint density at radius 2 is 1.47 bits per heavy atom. The molecule has 4 rings (SSSR count). The van der Waals surface area contributed by atoms with Crippen molar-refractivity contribution >= 4 is 11.6 Å². The smallest absolute Gasteiger partial charge is 0.235 e. The standard InChI is InChI=1S/C23H19F2NO4/c24-15-3-7-17(8-4-15)26-22(14-1-9-18(27)10-2-14)21(23(26)29)20(28)13-30-19-11-5-16(25)6-12-19/h1-12,20-22,27-28H,13H2/t20-,21+,22-/m0/s1. The zero-order chi connectivity index (χ0) is 21.3. The topological polar surface area (TPSA) is 70.0 Å². The average molecular weight is 411 g/mol. The number of nitrogens with zero attached hydrogens (tertiary/aromatic N) is 1. The number of hydrogen-bond acceptors (Lipinski definition) is 4. The van der Waals surface area contributed by atoms with Crippen LogP contribution in [0.2, 0.25) is 0 Å². The third-order valence-electron chi connectivity index (χ3n) is 5.13. The first-order valence-corrected chi connectivity index (χ1v) is 9.38. The number of rotatable bonds is 6. The van der Waals surface area contributed by atoms with E-state index in [0.29, 0.717) is 17.0 Å². The lowest BCUT2D eigenvalue weighted by Crippen LogP contribution is -2.60. The predicted molar refractivity (Wildman–Crippen MR) is 106 cm³/mol. The number of anilines is 1. The van der Waals surface area contributed by atoms with Crippen molar-refractivity contribution in [1.82, 2.24) is 0 Å². The molecule has 0 aromatic heterocycles. The molecule has 3 aromatic carbocycles. The summed E-state index contributed by atoms with van der Waals surface area (Å²) in [6.07, 6.45) is -1.13. The van der Waals surface area contributed by atoms with Gasteiger partial charge in [-0.3, -0.25) is 4.79 Å². The van der Waals surface area contributed by atoms with Gasteiger partial charge in [0.05, 0.1) is 12.0 Å². The first kappa shape index (κ1) is 19.8. The van der Waals surface area contributed by atoms with Crippen molar-refractivity contribution in [2.24, 2.45) is 5.92 Å². The van der Waals surface area contributed by atoms with Crippen LogP contribution < -0.4 is 9.64 Å². The molecule has 1 heterocycles. The molecule has 5 nitrogen and oxygen atoms in total. The minimum atomic E-state index is -1.13. The zero-order valence-corrected chi connectivity index (χ0v) is 15.8. The summed E-state index contributed by atoms with van der Waals surface area (Å²) in [5, 5.41) is 20.3. The maximum atomic E-state index is 13.3.